The summed E-state index contributed by atoms with van der Waals surface area (Å²) in [5.41, 5.74) is 3.90. The van der Waals surface area contributed by atoms with E-state index in [4.69, 9.17) is 20.8 Å². The molecule has 4 aromatic rings. The number of rotatable bonds is 6. The Morgan fingerprint density at radius 1 is 1.06 bits per heavy atom. The summed E-state index contributed by atoms with van der Waals surface area (Å²) in [7, 11) is 0. The van der Waals surface area contributed by atoms with E-state index in [-0.39, 0.29) is 18.4 Å². The largest absolute Gasteiger partial charge is 0.458 e. The van der Waals surface area contributed by atoms with E-state index in [1.54, 1.807) is 18.5 Å². The normalized spacial score (nSPS) is 13.9. The highest BCUT2D eigenvalue weighted by molar-refractivity contribution is 6.35. The molecule has 0 atom stereocenters. The first-order chi connectivity index (χ1) is 17.6. The highest BCUT2D eigenvalue weighted by Gasteiger charge is 2.18. The fourth-order valence-electron chi connectivity index (χ4n) is 4.05. The van der Waals surface area contributed by atoms with Crippen molar-refractivity contribution in [1.82, 2.24) is 15.2 Å². The van der Waals surface area contributed by atoms with Crippen molar-refractivity contribution in [3.05, 3.63) is 95.0 Å². The maximum Gasteiger partial charge on any atom is 0.254 e. The molecule has 1 N–H and O–H groups in total. The third-order valence-corrected chi connectivity index (χ3v) is 6.21. The van der Waals surface area contributed by atoms with Crippen LogP contribution in [0.1, 0.15) is 21.7 Å². The summed E-state index contributed by atoms with van der Waals surface area (Å²) in [6, 6.07) is 16.9. The first-order valence-electron chi connectivity index (χ1n) is 11.6. The van der Waals surface area contributed by atoms with Crippen LogP contribution in [0, 0.1) is 0 Å². The van der Waals surface area contributed by atoms with Gasteiger partial charge in [-0.15, -0.1) is 0 Å². The van der Waals surface area contributed by atoms with Crippen LogP contribution in [-0.2, 0) is 16.1 Å². The number of morpholine rings is 1. The van der Waals surface area contributed by atoms with Crippen molar-refractivity contribution in [3.8, 4) is 11.1 Å². The molecule has 7 nitrogen and oxygen atoms in total. The van der Waals surface area contributed by atoms with Gasteiger partial charge in [-0.3, -0.25) is 14.6 Å². The minimum Gasteiger partial charge on any atom is -0.458 e. The van der Waals surface area contributed by atoms with Gasteiger partial charge in [0.2, 0.25) is 5.91 Å². The number of amides is 2. The second-order valence-corrected chi connectivity index (χ2v) is 8.82. The van der Waals surface area contributed by atoms with Crippen molar-refractivity contribution in [3.63, 3.8) is 0 Å². The second kappa shape index (κ2) is 10.8. The van der Waals surface area contributed by atoms with Crippen LogP contribution in [0.15, 0.2) is 77.5 Å². The second-order valence-electron chi connectivity index (χ2n) is 8.41. The van der Waals surface area contributed by atoms with Gasteiger partial charge in [0.05, 0.1) is 24.8 Å². The van der Waals surface area contributed by atoms with Gasteiger partial charge in [-0.1, -0.05) is 29.8 Å². The highest BCUT2D eigenvalue weighted by atomic mass is 35.5. The molecule has 2 aromatic heterocycles. The molecule has 1 fully saturated rings. The van der Waals surface area contributed by atoms with Crippen LogP contribution in [0.3, 0.4) is 0 Å². The average molecular weight is 502 g/mol. The number of nitrogens with one attached hydrogen (secondary N) is 1. The highest BCUT2D eigenvalue weighted by Crippen LogP contribution is 2.33. The average Bonchev–Trinajstić information content (AvgIpc) is 3.35. The monoisotopic (exact) mass is 501 g/mol. The molecule has 0 saturated carbocycles. The van der Waals surface area contributed by atoms with Gasteiger partial charge in [0, 0.05) is 42.5 Å². The number of fused-ring (bicyclic) bond motifs is 1. The molecule has 2 amide bonds. The Balaban J connectivity index is 1.27. The molecule has 5 rings (SSSR count). The SMILES string of the molecule is O=C(/C=C/c1cccnc1)NCc1cc2cc(-c3ccc(C(=O)N4CCOCC4)cc3)cc(Cl)c2o1. The predicted octanol–water partition coefficient (Wildman–Crippen LogP) is 4.95. The van der Waals surface area contributed by atoms with Crippen LogP contribution in [-0.4, -0.2) is 48.0 Å². The van der Waals surface area contributed by atoms with E-state index in [1.165, 1.54) is 6.08 Å². The summed E-state index contributed by atoms with van der Waals surface area (Å²) in [6.07, 6.45) is 6.51. The summed E-state index contributed by atoms with van der Waals surface area (Å²) in [5, 5.41) is 4.12. The van der Waals surface area contributed by atoms with Crippen molar-refractivity contribution in [2.24, 2.45) is 0 Å². The third-order valence-electron chi connectivity index (χ3n) is 5.93. The maximum absolute atomic E-state index is 12.7. The molecule has 0 unspecified atom stereocenters. The zero-order valence-corrected chi connectivity index (χ0v) is 20.2. The van der Waals surface area contributed by atoms with Crippen LogP contribution in [0.4, 0.5) is 0 Å². The molecule has 182 valence electrons. The Kier molecular flexibility index (Phi) is 7.11. The van der Waals surface area contributed by atoms with Crippen molar-refractivity contribution in [2.45, 2.75) is 6.54 Å². The molecule has 3 heterocycles. The van der Waals surface area contributed by atoms with Crippen molar-refractivity contribution >= 4 is 40.5 Å². The number of pyridine rings is 1. The van der Waals surface area contributed by atoms with E-state index in [2.05, 4.69) is 10.3 Å². The van der Waals surface area contributed by atoms with E-state index in [1.807, 2.05) is 59.5 Å². The van der Waals surface area contributed by atoms with Gasteiger partial charge in [-0.05, 0) is 59.2 Å². The molecule has 1 saturated heterocycles. The number of carbonyl (C=O) groups is 2. The van der Waals surface area contributed by atoms with Gasteiger partial charge in [0.15, 0.2) is 5.58 Å². The molecule has 8 heteroatoms. The van der Waals surface area contributed by atoms with Gasteiger partial charge in [0.25, 0.3) is 5.91 Å². The zero-order valence-electron chi connectivity index (χ0n) is 19.4. The van der Waals surface area contributed by atoms with Crippen molar-refractivity contribution < 1.29 is 18.7 Å². The molecule has 1 aliphatic rings. The minimum atomic E-state index is -0.238. The van der Waals surface area contributed by atoms with E-state index in [0.717, 1.165) is 22.1 Å². The van der Waals surface area contributed by atoms with Gasteiger partial charge >= 0.3 is 0 Å². The summed E-state index contributed by atoms with van der Waals surface area (Å²) in [6.45, 7) is 2.59. The fraction of sp³-hybridized carbons (Fsp3) is 0.179. The number of ether oxygens (including phenoxy) is 1. The van der Waals surface area contributed by atoms with E-state index < -0.39 is 0 Å². The van der Waals surface area contributed by atoms with Gasteiger partial charge < -0.3 is 19.4 Å². The van der Waals surface area contributed by atoms with Crippen LogP contribution >= 0.6 is 11.6 Å². The minimum absolute atomic E-state index is 0.00939. The van der Waals surface area contributed by atoms with Crippen LogP contribution in [0.2, 0.25) is 5.02 Å². The van der Waals surface area contributed by atoms with Crippen LogP contribution in [0.5, 0.6) is 0 Å². The zero-order chi connectivity index (χ0) is 24.9. The lowest BCUT2D eigenvalue weighted by Gasteiger charge is -2.26. The number of carbonyl (C=O) groups excluding carboxylic acids is 2. The number of hydrogen-bond acceptors (Lipinski definition) is 5. The molecule has 0 spiro atoms. The van der Waals surface area contributed by atoms with E-state index >= 15 is 0 Å². The van der Waals surface area contributed by atoms with Gasteiger partial charge in [-0.25, -0.2) is 0 Å². The molecule has 2 aromatic carbocycles. The smallest absolute Gasteiger partial charge is 0.254 e. The summed E-state index contributed by atoms with van der Waals surface area (Å²) in [4.78, 5) is 30.7. The quantitative estimate of drug-likeness (QED) is 0.378. The molecule has 0 radical (unpaired) electrons. The lowest BCUT2D eigenvalue weighted by atomic mass is 10.0. The Labute approximate surface area is 213 Å². The molecule has 0 aliphatic carbocycles. The number of nitrogens with zero attached hydrogens (tertiary/aromatic N) is 2. The first-order valence-corrected chi connectivity index (χ1v) is 12.0. The standard InChI is InChI=1S/C28H24ClN3O4/c29-25-16-22(20-4-6-21(7-5-20)28(34)32-10-12-35-13-11-32)14-23-15-24(36-27(23)25)18-31-26(33)8-3-19-2-1-9-30-17-19/h1-9,14-17H,10-13,18H2,(H,31,33)/b8-3+. The Morgan fingerprint density at radius 3 is 2.61 bits per heavy atom. The molecular formula is C28H24ClN3O4. The van der Waals surface area contributed by atoms with E-state index in [0.29, 0.717) is 48.2 Å². The Bertz CT molecular complexity index is 1410. The summed E-state index contributed by atoms with van der Waals surface area (Å²) in [5.74, 6) is 0.367. The Hall–Kier alpha value is -3.94. The maximum atomic E-state index is 12.7. The molecule has 36 heavy (non-hydrogen) atoms. The lowest BCUT2D eigenvalue weighted by Crippen LogP contribution is -2.40. The summed E-state index contributed by atoms with van der Waals surface area (Å²) < 4.78 is 11.2. The fourth-order valence-corrected chi connectivity index (χ4v) is 4.32. The van der Waals surface area contributed by atoms with Gasteiger partial charge in [-0.2, -0.15) is 0 Å². The predicted molar refractivity (Wildman–Crippen MR) is 139 cm³/mol. The Morgan fingerprint density at radius 2 is 1.86 bits per heavy atom. The topological polar surface area (TPSA) is 84.7 Å². The molecule has 0 bridgehead atoms. The van der Waals surface area contributed by atoms with Crippen molar-refractivity contribution in [2.75, 3.05) is 26.3 Å². The van der Waals surface area contributed by atoms with Crippen LogP contribution < -0.4 is 5.32 Å². The summed E-state index contributed by atoms with van der Waals surface area (Å²) >= 11 is 6.52. The van der Waals surface area contributed by atoms with E-state index in [9.17, 15) is 9.59 Å². The first kappa shape index (κ1) is 23.8. The number of aromatic nitrogens is 1. The van der Waals surface area contributed by atoms with Gasteiger partial charge in [0.1, 0.15) is 5.76 Å². The number of furan rings is 1. The van der Waals surface area contributed by atoms with Crippen molar-refractivity contribution in [1.29, 1.82) is 0 Å². The third kappa shape index (κ3) is 5.48. The van der Waals surface area contributed by atoms with Crippen LogP contribution in [0.25, 0.3) is 28.2 Å². The number of halogens is 1. The number of hydrogen-bond donors (Lipinski definition) is 1. The number of benzene rings is 2. The molecular weight excluding hydrogens is 478 g/mol. The molecule has 1 aliphatic heterocycles. The lowest BCUT2D eigenvalue weighted by molar-refractivity contribution is -0.116.